The molecule has 0 spiro atoms. The van der Waals surface area contributed by atoms with Gasteiger partial charge in [0.2, 0.25) is 0 Å². The summed E-state index contributed by atoms with van der Waals surface area (Å²) in [6.45, 7) is 1.25. The first kappa shape index (κ1) is 20.0. The minimum atomic E-state index is -0.458. The molecule has 2 aliphatic rings. The third kappa shape index (κ3) is 4.13. The molecule has 5 rings (SSSR count). The average Bonchev–Trinajstić information content (AvgIpc) is 2.91. The number of Topliss-reactive ketones (excluding diaryl/α,β-unsaturated/α-hetero) is 2. The SMILES string of the molecule is O=C1CCN(C2=NC(Cc3ccc4ccccc4c3)C(=O)Cc3ccc(Cl)cc32)CC1. The van der Waals surface area contributed by atoms with Gasteiger partial charge in [-0.25, -0.2) is 0 Å². The molecule has 0 saturated carbocycles. The van der Waals surface area contributed by atoms with E-state index in [0.717, 1.165) is 27.9 Å². The quantitative estimate of drug-likeness (QED) is 0.595. The fourth-order valence-electron chi connectivity index (χ4n) is 4.47. The first-order chi connectivity index (χ1) is 15.1. The highest BCUT2D eigenvalue weighted by Gasteiger charge is 2.30. The largest absolute Gasteiger partial charge is 0.356 e. The number of ketones is 2. The summed E-state index contributed by atoms with van der Waals surface area (Å²) in [5.41, 5.74) is 2.96. The number of halogens is 1. The highest BCUT2D eigenvalue weighted by Crippen LogP contribution is 2.26. The van der Waals surface area contributed by atoms with Crippen LogP contribution in [0.2, 0.25) is 5.02 Å². The molecule has 156 valence electrons. The van der Waals surface area contributed by atoms with E-state index in [1.165, 1.54) is 5.39 Å². The van der Waals surface area contributed by atoms with Crippen LogP contribution in [0.1, 0.15) is 29.5 Å². The molecule has 2 heterocycles. The van der Waals surface area contributed by atoms with Crippen molar-refractivity contribution >= 4 is 39.8 Å². The molecule has 0 N–H and O–H groups in total. The number of amidine groups is 1. The van der Waals surface area contributed by atoms with Gasteiger partial charge in [0, 0.05) is 49.4 Å². The number of aliphatic imine (C=N–C) groups is 1. The number of carbonyl (C=O) groups excluding carboxylic acids is 2. The van der Waals surface area contributed by atoms with Crippen LogP contribution in [-0.2, 0) is 22.4 Å². The molecule has 2 aliphatic heterocycles. The molecule has 3 aromatic rings. The summed E-state index contributed by atoms with van der Waals surface area (Å²) in [6.07, 6.45) is 1.92. The molecule has 1 fully saturated rings. The van der Waals surface area contributed by atoms with Gasteiger partial charge in [-0.15, -0.1) is 0 Å². The van der Waals surface area contributed by atoms with Crippen molar-refractivity contribution in [3.63, 3.8) is 0 Å². The topological polar surface area (TPSA) is 49.7 Å². The minimum Gasteiger partial charge on any atom is -0.356 e. The van der Waals surface area contributed by atoms with Crippen LogP contribution < -0.4 is 0 Å². The molecule has 0 aliphatic carbocycles. The maximum Gasteiger partial charge on any atom is 0.162 e. The second kappa shape index (κ2) is 8.27. The maximum absolute atomic E-state index is 13.2. The van der Waals surface area contributed by atoms with Crippen molar-refractivity contribution in [2.45, 2.75) is 31.7 Å². The Labute approximate surface area is 186 Å². The van der Waals surface area contributed by atoms with E-state index < -0.39 is 6.04 Å². The summed E-state index contributed by atoms with van der Waals surface area (Å²) >= 11 is 6.30. The standard InChI is InChI=1S/C26H23ClN2O2/c27-21-8-7-20-15-25(31)24(14-17-5-6-18-3-1-2-4-19(18)13-17)28-26(23(20)16-21)29-11-9-22(30)10-12-29/h1-8,13,16,24H,9-12,14-15H2. The Morgan fingerprint density at radius 3 is 2.52 bits per heavy atom. The molecule has 0 radical (unpaired) electrons. The third-order valence-corrected chi connectivity index (χ3v) is 6.43. The lowest BCUT2D eigenvalue weighted by atomic mass is 9.96. The number of hydrogen-bond acceptors (Lipinski definition) is 4. The number of hydrogen-bond donors (Lipinski definition) is 0. The molecule has 1 unspecified atom stereocenters. The summed E-state index contributed by atoms with van der Waals surface area (Å²) < 4.78 is 0. The van der Waals surface area contributed by atoms with E-state index >= 15 is 0 Å². The lowest BCUT2D eigenvalue weighted by molar-refractivity contribution is -0.121. The average molecular weight is 431 g/mol. The van der Waals surface area contributed by atoms with Crippen molar-refractivity contribution < 1.29 is 9.59 Å². The lowest BCUT2D eigenvalue weighted by Gasteiger charge is -2.30. The molecular formula is C26H23ClN2O2. The van der Waals surface area contributed by atoms with Crippen molar-refractivity contribution in [3.8, 4) is 0 Å². The number of likely N-dealkylation sites (tertiary alicyclic amines) is 1. The van der Waals surface area contributed by atoms with Crippen LogP contribution in [0.15, 0.2) is 65.7 Å². The van der Waals surface area contributed by atoms with Gasteiger partial charge in [-0.2, -0.15) is 0 Å². The molecule has 5 heteroatoms. The number of piperidine rings is 1. The molecule has 0 bridgehead atoms. The van der Waals surface area contributed by atoms with Crippen LogP contribution in [0.3, 0.4) is 0 Å². The summed E-state index contributed by atoms with van der Waals surface area (Å²) in [5, 5.41) is 2.97. The Morgan fingerprint density at radius 1 is 0.935 bits per heavy atom. The highest BCUT2D eigenvalue weighted by molar-refractivity contribution is 6.31. The van der Waals surface area contributed by atoms with Crippen molar-refractivity contribution in [1.82, 2.24) is 4.90 Å². The molecule has 31 heavy (non-hydrogen) atoms. The van der Waals surface area contributed by atoms with E-state index in [9.17, 15) is 9.59 Å². The van der Waals surface area contributed by atoms with Crippen molar-refractivity contribution in [1.29, 1.82) is 0 Å². The third-order valence-electron chi connectivity index (χ3n) is 6.19. The van der Waals surface area contributed by atoms with Gasteiger partial charge in [0.15, 0.2) is 5.78 Å². The zero-order chi connectivity index (χ0) is 21.4. The van der Waals surface area contributed by atoms with Crippen molar-refractivity contribution in [2.75, 3.05) is 13.1 Å². The Morgan fingerprint density at radius 2 is 1.71 bits per heavy atom. The second-order valence-electron chi connectivity index (χ2n) is 8.32. The van der Waals surface area contributed by atoms with E-state index in [-0.39, 0.29) is 11.6 Å². The van der Waals surface area contributed by atoms with E-state index in [2.05, 4.69) is 35.2 Å². The molecule has 0 amide bonds. The fraction of sp³-hybridized carbons (Fsp3) is 0.269. The van der Waals surface area contributed by atoms with Gasteiger partial charge in [0.25, 0.3) is 0 Å². The van der Waals surface area contributed by atoms with Gasteiger partial charge in [0.05, 0.1) is 0 Å². The molecule has 4 nitrogen and oxygen atoms in total. The van der Waals surface area contributed by atoms with E-state index in [1.54, 1.807) is 0 Å². The number of fused-ring (bicyclic) bond motifs is 2. The van der Waals surface area contributed by atoms with Crippen LogP contribution in [0.4, 0.5) is 0 Å². The summed E-state index contributed by atoms with van der Waals surface area (Å²) in [5.74, 6) is 1.18. The predicted molar refractivity (Wildman–Crippen MR) is 124 cm³/mol. The maximum atomic E-state index is 13.2. The molecular weight excluding hydrogens is 408 g/mol. The van der Waals surface area contributed by atoms with E-state index in [0.29, 0.717) is 43.8 Å². The first-order valence-corrected chi connectivity index (χ1v) is 11.1. The zero-order valence-electron chi connectivity index (χ0n) is 17.2. The summed E-state index contributed by atoms with van der Waals surface area (Å²) in [4.78, 5) is 32.1. The van der Waals surface area contributed by atoms with Crippen LogP contribution in [0.25, 0.3) is 10.8 Å². The van der Waals surface area contributed by atoms with Crippen LogP contribution >= 0.6 is 11.6 Å². The molecule has 1 saturated heterocycles. The normalized spacial score (nSPS) is 19.2. The van der Waals surface area contributed by atoms with Gasteiger partial charge in [-0.05, 0) is 34.0 Å². The van der Waals surface area contributed by atoms with Crippen molar-refractivity contribution in [2.24, 2.45) is 4.99 Å². The molecule has 3 aromatic carbocycles. The van der Waals surface area contributed by atoms with Gasteiger partial charge >= 0.3 is 0 Å². The van der Waals surface area contributed by atoms with Gasteiger partial charge in [0.1, 0.15) is 17.7 Å². The fourth-order valence-corrected chi connectivity index (χ4v) is 4.65. The van der Waals surface area contributed by atoms with Gasteiger partial charge < -0.3 is 4.90 Å². The zero-order valence-corrected chi connectivity index (χ0v) is 17.9. The predicted octanol–water partition coefficient (Wildman–Crippen LogP) is 4.64. The Hall–Kier alpha value is -2.98. The highest BCUT2D eigenvalue weighted by atomic mass is 35.5. The van der Waals surface area contributed by atoms with Gasteiger partial charge in [-0.1, -0.05) is 60.1 Å². The summed E-state index contributed by atoms with van der Waals surface area (Å²) in [6, 6.07) is 19.8. The summed E-state index contributed by atoms with van der Waals surface area (Å²) in [7, 11) is 0. The number of rotatable bonds is 2. The first-order valence-electron chi connectivity index (χ1n) is 10.7. The van der Waals surface area contributed by atoms with Gasteiger partial charge in [-0.3, -0.25) is 14.6 Å². The van der Waals surface area contributed by atoms with Crippen LogP contribution in [-0.4, -0.2) is 41.4 Å². The molecule has 1 atom stereocenters. The van der Waals surface area contributed by atoms with E-state index in [4.69, 9.17) is 16.6 Å². The van der Waals surface area contributed by atoms with Crippen LogP contribution in [0.5, 0.6) is 0 Å². The number of benzene rings is 3. The monoisotopic (exact) mass is 430 g/mol. The Bertz CT molecular complexity index is 1210. The second-order valence-corrected chi connectivity index (χ2v) is 8.76. The van der Waals surface area contributed by atoms with Crippen LogP contribution in [0, 0.1) is 0 Å². The Kier molecular flexibility index (Phi) is 5.33. The minimum absolute atomic E-state index is 0.111. The lowest BCUT2D eigenvalue weighted by Crippen LogP contribution is -2.40. The molecule has 0 aromatic heterocycles. The number of carbonyl (C=O) groups is 2. The number of nitrogens with zero attached hydrogens (tertiary/aromatic N) is 2. The smallest absolute Gasteiger partial charge is 0.162 e. The Balaban J connectivity index is 1.53. The van der Waals surface area contributed by atoms with Crippen molar-refractivity contribution in [3.05, 3.63) is 82.4 Å². The van der Waals surface area contributed by atoms with E-state index in [1.807, 2.05) is 30.3 Å².